The fourth-order valence-electron chi connectivity index (χ4n) is 6.34. The summed E-state index contributed by atoms with van der Waals surface area (Å²) in [6.45, 7) is 2.85. The largest absolute Gasteiger partial charge is 0.497 e. The minimum absolute atomic E-state index is 0.0330. The molecule has 4 heterocycles. The zero-order chi connectivity index (χ0) is 36.1. The molecule has 2 N–H and O–H groups in total. The van der Waals surface area contributed by atoms with Gasteiger partial charge in [-0.05, 0) is 78.7 Å². The molecule has 2 atom stereocenters. The first-order valence-electron chi connectivity index (χ1n) is 16.4. The van der Waals surface area contributed by atoms with Crippen LogP contribution in [0.5, 0.6) is 17.2 Å². The first kappa shape index (κ1) is 34.7. The van der Waals surface area contributed by atoms with Gasteiger partial charge in [-0.1, -0.05) is 18.2 Å². The molecule has 0 radical (unpaired) electrons. The minimum atomic E-state index is -1.26. The Morgan fingerprint density at radius 2 is 1.82 bits per heavy atom. The smallest absolute Gasteiger partial charge is 0.358 e. The number of hydrogen-bond acceptors (Lipinski definition) is 10. The first-order chi connectivity index (χ1) is 24.8. The summed E-state index contributed by atoms with van der Waals surface area (Å²) in [5.74, 6) is -0.259. The molecule has 0 aliphatic carbocycles. The van der Waals surface area contributed by atoms with Crippen LogP contribution < -0.4 is 25.1 Å². The maximum absolute atomic E-state index is 15.0. The lowest BCUT2D eigenvalue weighted by Crippen LogP contribution is -2.47. The van der Waals surface area contributed by atoms with E-state index in [1.54, 1.807) is 60.3 Å². The Bertz CT molecular complexity index is 2130. The summed E-state index contributed by atoms with van der Waals surface area (Å²) in [4.78, 5) is 63.7. The number of carbonyl (C=O) groups excluding carboxylic acids is 3. The first-order valence-corrected chi connectivity index (χ1v) is 16.4. The fraction of sp³-hybridized carbons (Fsp3) is 0.297. The lowest BCUT2D eigenvalue weighted by molar-refractivity contribution is -0.127. The van der Waals surface area contributed by atoms with Gasteiger partial charge in [0.05, 0.1) is 45.1 Å². The maximum Gasteiger partial charge on any atom is 0.358 e. The number of pyridine rings is 2. The quantitative estimate of drug-likeness (QED) is 0.179. The van der Waals surface area contributed by atoms with Crippen LogP contribution in [-0.2, 0) is 22.6 Å². The molecule has 0 saturated heterocycles. The number of aromatic nitrogens is 4. The van der Waals surface area contributed by atoms with E-state index >= 15 is 4.79 Å². The number of carbonyl (C=O) groups is 3. The van der Waals surface area contributed by atoms with Crippen molar-refractivity contribution in [1.29, 1.82) is 0 Å². The maximum atomic E-state index is 15.0. The third-order valence-corrected chi connectivity index (χ3v) is 8.80. The van der Waals surface area contributed by atoms with Gasteiger partial charge in [0.1, 0.15) is 17.5 Å². The summed E-state index contributed by atoms with van der Waals surface area (Å²) < 4.78 is 23.3. The molecule has 0 saturated carbocycles. The Kier molecular flexibility index (Phi) is 10.3. The van der Waals surface area contributed by atoms with E-state index in [2.05, 4.69) is 20.4 Å². The summed E-state index contributed by atoms with van der Waals surface area (Å²) in [7, 11) is 4.33. The summed E-state index contributed by atoms with van der Waals surface area (Å²) in [6, 6.07) is 15.1. The molecular weight excluding hydrogens is 656 g/mol. The van der Waals surface area contributed by atoms with Crippen molar-refractivity contribution in [3.8, 4) is 17.2 Å². The number of benzene rings is 2. The van der Waals surface area contributed by atoms with E-state index in [1.165, 1.54) is 31.5 Å². The molecular formula is C37H38N6O8. The number of amides is 2. The number of aryl methyl sites for hydroxylation is 1. The molecule has 2 unspecified atom stereocenters. The SMILES string of the molecule is CCOc1ccc(C(C(=O)NCc2ccc(OC)cc2)N(C(=O)c2cc3ccncc3c(=O)[nH]2)C2CCCn3nc(C(=O)OC)cc32)cc1OC. The van der Waals surface area contributed by atoms with Crippen molar-refractivity contribution in [1.82, 2.24) is 30.0 Å². The van der Waals surface area contributed by atoms with E-state index in [1.807, 2.05) is 19.1 Å². The van der Waals surface area contributed by atoms with Crippen molar-refractivity contribution in [2.24, 2.45) is 0 Å². The molecule has 14 heteroatoms. The summed E-state index contributed by atoms with van der Waals surface area (Å²) >= 11 is 0. The second-order valence-electron chi connectivity index (χ2n) is 11.8. The molecule has 0 fully saturated rings. The summed E-state index contributed by atoms with van der Waals surface area (Å²) in [6.07, 6.45) is 3.96. The molecule has 6 rings (SSSR count). The van der Waals surface area contributed by atoms with Gasteiger partial charge in [0.2, 0.25) is 5.91 Å². The lowest BCUT2D eigenvalue weighted by atomic mass is 9.95. The highest BCUT2D eigenvalue weighted by atomic mass is 16.5. The molecule has 2 aromatic carbocycles. The van der Waals surface area contributed by atoms with Crippen LogP contribution in [0.1, 0.15) is 69.6 Å². The number of aromatic amines is 1. The van der Waals surface area contributed by atoms with Crippen LogP contribution in [0.3, 0.4) is 0 Å². The van der Waals surface area contributed by atoms with Crippen molar-refractivity contribution in [3.05, 3.63) is 112 Å². The summed E-state index contributed by atoms with van der Waals surface area (Å²) in [5.41, 5.74) is 1.29. The highest BCUT2D eigenvalue weighted by molar-refractivity contribution is 5.99. The molecule has 3 aromatic heterocycles. The molecule has 1 aliphatic rings. The van der Waals surface area contributed by atoms with Crippen molar-refractivity contribution in [2.75, 3.05) is 27.9 Å². The number of nitrogens with one attached hydrogen (secondary N) is 2. The van der Waals surface area contributed by atoms with Gasteiger partial charge in [0.25, 0.3) is 11.5 Å². The zero-order valence-electron chi connectivity index (χ0n) is 28.7. The standard InChI is InChI=1S/C37H38N6O8/c1-5-51-31-13-10-24(18-32(31)49-3)33(35(45)39-20-22-8-11-25(48-2)12-9-22)43(29-7-6-16-42-30(29)19-28(41-42)37(47)50-4)36(46)27-17-23-14-15-38-21-26(23)34(44)40-27/h8-15,17-19,21,29,33H,5-7,16,20H2,1-4H3,(H,39,45)(H,40,44). The number of ether oxygens (including phenoxy) is 4. The van der Waals surface area contributed by atoms with Gasteiger partial charge in [0.15, 0.2) is 17.2 Å². The highest BCUT2D eigenvalue weighted by Crippen LogP contribution is 2.40. The van der Waals surface area contributed by atoms with Crippen LogP contribution in [0.25, 0.3) is 10.8 Å². The Labute approximate surface area is 293 Å². The molecule has 2 amide bonds. The van der Waals surface area contributed by atoms with Crippen LogP contribution in [0.2, 0.25) is 0 Å². The predicted octanol–water partition coefficient (Wildman–Crippen LogP) is 4.36. The van der Waals surface area contributed by atoms with Crippen LogP contribution in [0, 0.1) is 0 Å². The summed E-state index contributed by atoms with van der Waals surface area (Å²) in [5, 5.41) is 8.28. The second kappa shape index (κ2) is 15.2. The number of hydrogen-bond donors (Lipinski definition) is 2. The highest BCUT2D eigenvalue weighted by Gasteiger charge is 2.41. The number of rotatable bonds is 12. The Balaban J connectivity index is 1.52. The molecule has 51 heavy (non-hydrogen) atoms. The molecule has 5 aromatic rings. The van der Waals surface area contributed by atoms with E-state index in [-0.39, 0.29) is 17.9 Å². The van der Waals surface area contributed by atoms with Crippen molar-refractivity contribution < 1.29 is 33.3 Å². The van der Waals surface area contributed by atoms with Gasteiger partial charge in [0, 0.05) is 25.5 Å². The molecule has 264 valence electrons. The third kappa shape index (κ3) is 7.11. The van der Waals surface area contributed by atoms with Crippen molar-refractivity contribution >= 4 is 28.6 Å². The number of H-pyrrole nitrogens is 1. The fourth-order valence-corrected chi connectivity index (χ4v) is 6.34. The number of methoxy groups -OCH3 is 3. The molecule has 0 spiro atoms. The Morgan fingerprint density at radius 1 is 1.02 bits per heavy atom. The van der Waals surface area contributed by atoms with Crippen LogP contribution in [0.4, 0.5) is 0 Å². The molecule has 14 nitrogen and oxygen atoms in total. The van der Waals surface area contributed by atoms with E-state index < -0.39 is 35.4 Å². The predicted molar refractivity (Wildman–Crippen MR) is 186 cm³/mol. The Morgan fingerprint density at radius 3 is 2.55 bits per heavy atom. The third-order valence-electron chi connectivity index (χ3n) is 8.80. The number of esters is 1. The normalized spacial score (nSPS) is 14.2. The Hall–Kier alpha value is -6.18. The van der Waals surface area contributed by atoms with Crippen LogP contribution in [-0.4, -0.2) is 70.4 Å². The van der Waals surface area contributed by atoms with Crippen molar-refractivity contribution in [3.63, 3.8) is 0 Å². The van der Waals surface area contributed by atoms with Gasteiger partial charge < -0.3 is 34.1 Å². The van der Waals surface area contributed by atoms with Crippen LogP contribution >= 0.6 is 0 Å². The zero-order valence-corrected chi connectivity index (χ0v) is 28.7. The number of fused-ring (bicyclic) bond motifs is 2. The van der Waals surface area contributed by atoms with Gasteiger partial charge in [-0.25, -0.2) is 4.79 Å². The van der Waals surface area contributed by atoms with E-state index in [0.29, 0.717) is 65.3 Å². The van der Waals surface area contributed by atoms with Crippen LogP contribution in [0.15, 0.2) is 77.9 Å². The van der Waals surface area contributed by atoms with E-state index in [9.17, 15) is 14.4 Å². The van der Waals surface area contributed by atoms with E-state index in [4.69, 9.17) is 18.9 Å². The van der Waals surface area contributed by atoms with Gasteiger partial charge in [-0.15, -0.1) is 0 Å². The monoisotopic (exact) mass is 694 g/mol. The van der Waals surface area contributed by atoms with Gasteiger partial charge in [-0.2, -0.15) is 5.10 Å². The average Bonchev–Trinajstić information content (AvgIpc) is 3.61. The van der Waals surface area contributed by atoms with E-state index in [0.717, 1.165) is 5.56 Å². The molecule has 1 aliphatic heterocycles. The lowest BCUT2D eigenvalue weighted by Gasteiger charge is -2.39. The molecule has 0 bridgehead atoms. The second-order valence-corrected chi connectivity index (χ2v) is 11.8. The average molecular weight is 695 g/mol. The van der Waals surface area contributed by atoms with Gasteiger partial charge in [-0.3, -0.25) is 24.0 Å². The minimum Gasteiger partial charge on any atom is -0.497 e. The van der Waals surface area contributed by atoms with Gasteiger partial charge >= 0.3 is 5.97 Å². The number of nitrogens with zero attached hydrogens (tertiary/aromatic N) is 4. The topological polar surface area (TPSA) is 167 Å². The van der Waals surface area contributed by atoms with Crippen molar-refractivity contribution in [2.45, 2.75) is 44.9 Å².